The Morgan fingerprint density at radius 1 is 1.24 bits per heavy atom. The molecule has 1 aromatic carbocycles. The van der Waals surface area contributed by atoms with Crippen LogP contribution in [0, 0.1) is 6.92 Å². The Morgan fingerprint density at radius 3 is 2.91 bits per heavy atom. The van der Waals surface area contributed by atoms with E-state index in [1.54, 1.807) is 6.33 Å². The van der Waals surface area contributed by atoms with E-state index in [-0.39, 0.29) is 17.5 Å². The SMILES string of the molecule is Cc1cccc2nc([C@@H]3c4nc[nH]c4CCN3C(=O)c3nnc(-c4ccn(C(F)F)n4)o3)oc12. The number of hydrogen-bond acceptors (Lipinski definition) is 8. The molecule has 1 aliphatic heterocycles. The van der Waals surface area contributed by atoms with Crippen molar-refractivity contribution in [2.75, 3.05) is 6.54 Å². The monoisotopic (exact) mass is 466 g/mol. The summed E-state index contributed by atoms with van der Waals surface area (Å²) in [6.45, 7) is -0.584. The Kier molecular flexibility index (Phi) is 4.50. The predicted molar refractivity (Wildman–Crippen MR) is 111 cm³/mol. The molecule has 6 rings (SSSR count). The van der Waals surface area contributed by atoms with E-state index < -0.39 is 18.5 Å². The second-order valence-corrected chi connectivity index (χ2v) is 7.76. The van der Waals surface area contributed by atoms with Crippen LogP contribution in [0.2, 0.25) is 0 Å². The Bertz CT molecular complexity index is 1520. The lowest BCUT2D eigenvalue weighted by atomic mass is 10.0. The fraction of sp³-hybridized carbons (Fsp3) is 0.238. The number of amides is 1. The van der Waals surface area contributed by atoms with Crippen molar-refractivity contribution < 1.29 is 22.4 Å². The number of para-hydroxylation sites is 1. The quantitative estimate of drug-likeness (QED) is 0.427. The molecular formula is C21H16F2N8O3. The third-order valence-electron chi connectivity index (χ3n) is 5.68. The molecule has 1 atom stereocenters. The number of carbonyl (C=O) groups is 1. The molecule has 5 heterocycles. The van der Waals surface area contributed by atoms with Crippen LogP contribution >= 0.6 is 0 Å². The summed E-state index contributed by atoms with van der Waals surface area (Å²) >= 11 is 0. The smallest absolute Gasteiger partial charge is 0.333 e. The van der Waals surface area contributed by atoms with E-state index in [9.17, 15) is 13.6 Å². The number of alkyl halides is 2. The molecule has 1 amide bonds. The average molecular weight is 466 g/mol. The molecule has 0 saturated carbocycles. The van der Waals surface area contributed by atoms with Gasteiger partial charge >= 0.3 is 18.3 Å². The average Bonchev–Trinajstić information content (AvgIpc) is 3.62. The standard InChI is InChI=1S/C21H16F2N8O3/c1-10-3-2-4-12-16(10)33-18(26-12)15-14-11(24-9-25-14)5-7-30(15)20(32)19-28-27-17(34-19)13-6-8-31(29-13)21(22)23/h2-4,6,8-9,15,21H,5,7H2,1H3,(H,24,25)/t15-/m0/s1. The molecule has 1 N–H and O–H groups in total. The van der Waals surface area contributed by atoms with Crippen LogP contribution in [0.5, 0.6) is 0 Å². The van der Waals surface area contributed by atoms with Gasteiger partial charge in [0.2, 0.25) is 5.89 Å². The van der Waals surface area contributed by atoms with E-state index in [0.717, 1.165) is 17.5 Å². The van der Waals surface area contributed by atoms with Gasteiger partial charge in [0.1, 0.15) is 11.2 Å². The number of halogens is 2. The van der Waals surface area contributed by atoms with E-state index >= 15 is 0 Å². The molecule has 1 aliphatic rings. The van der Waals surface area contributed by atoms with Gasteiger partial charge in [-0.3, -0.25) is 4.79 Å². The molecule has 11 nitrogen and oxygen atoms in total. The van der Waals surface area contributed by atoms with Crippen molar-refractivity contribution in [2.24, 2.45) is 0 Å². The van der Waals surface area contributed by atoms with E-state index in [1.807, 2.05) is 25.1 Å². The Morgan fingerprint density at radius 2 is 2.12 bits per heavy atom. The Hall–Kier alpha value is -4.42. The number of oxazole rings is 1. The first kappa shape index (κ1) is 20.2. The molecule has 0 radical (unpaired) electrons. The van der Waals surface area contributed by atoms with Crippen molar-refractivity contribution in [3.63, 3.8) is 0 Å². The number of rotatable bonds is 4. The number of imidazole rings is 1. The molecule has 13 heteroatoms. The summed E-state index contributed by atoms with van der Waals surface area (Å²) in [6.07, 6.45) is 3.17. The number of fused-ring (bicyclic) bond motifs is 2. The number of benzene rings is 1. The summed E-state index contributed by atoms with van der Waals surface area (Å²) in [5, 5.41) is 11.3. The molecule has 5 aromatic rings. The van der Waals surface area contributed by atoms with E-state index in [1.165, 1.54) is 11.0 Å². The zero-order chi connectivity index (χ0) is 23.4. The molecule has 172 valence electrons. The third-order valence-corrected chi connectivity index (χ3v) is 5.68. The van der Waals surface area contributed by atoms with Crippen LogP contribution in [0.4, 0.5) is 8.78 Å². The number of carbonyl (C=O) groups excluding carboxylic acids is 1. The molecule has 0 spiro atoms. The lowest BCUT2D eigenvalue weighted by Gasteiger charge is -2.31. The second kappa shape index (κ2) is 7.57. The van der Waals surface area contributed by atoms with Gasteiger partial charge < -0.3 is 18.7 Å². The number of aromatic nitrogens is 7. The van der Waals surface area contributed by atoms with Gasteiger partial charge in [0.05, 0.1) is 12.0 Å². The molecule has 0 unspecified atom stereocenters. The van der Waals surface area contributed by atoms with Crippen LogP contribution in [0.3, 0.4) is 0 Å². The molecular weight excluding hydrogens is 450 g/mol. The van der Waals surface area contributed by atoms with Gasteiger partial charge in [0.15, 0.2) is 11.6 Å². The van der Waals surface area contributed by atoms with Gasteiger partial charge in [-0.25, -0.2) is 14.6 Å². The zero-order valence-corrected chi connectivity index (χ0v) is 17.6. The van der Waals surface area contributed by atoms with Gasteiger partial charge in [-0.1, -0.05) is 12.1 Å². The first-order valence-corrected chi connectivity index (χ1v) is 10.4. The number of aryl methyl sites for hydroxylation is 1. The van der Waals surface area contributed by atoms with Gasteiger partial charge in [-0.05, 0) is 24.6 Å². The van der Waals surface area contributed by atoms with Crippen LogP contribution in [-0.4, -0.2) is 52.3 Å². The maximum atomic E-state index is 13.4. The van der Waals surface area contributed by atoms with Crippen LogP contribution in [-0.2, 0) is 6.42 Å². The molecule has 0 saturated heterocycles. The van der Waals surface area contributed by atoms with Gasteiger partial charge in [0.25, 0.3) is 5.89 Å². The van der Waals surface area contributed by atoms with Crippen molar-refractivity contribution in [2.45, 2.75) is 25.9 Å². The first-order valence-electron chi connectivity index (χ1n) is 10.4. The van der Waals surface area contributed by atoms with Crippen molar-refractivity contribution >= 4 is 17.0 Å². The van der Waals surface area contributed by atoms with Crippen molar-refractivity contribution in [3.05, 3.63) is 65.5 Å². The summed E-state index contributed by atoms with van der Waals surface area (Å²) in [5.41, 5.74) is 3.72. The summed E-state index contributed by atoms with van der Waals surface area (Å²) in [7, 11) is 0. The number of aromatic amines is 1. The van der Waals surface area contributed by atoms with Crippen molar-refractivity contribution in [3.8, 4) is 11.6 Å². The zero-order valence-electron chi connectivity index (χ0n) is 17.6. The van der Waals surface area contributed by atoms with Crippen LogP contribution in [0.1, 0.15) is 46.1 Å². The minimum Gasteiger partial charge on any atom is -0.438 e. The highest BCUT2D eigenvalue weighted by Gasteiger charge is 2.39. The van der Waals surface area contributed by atoms with Crippen molar-refractivity contribution in [1.29, 1.82) is 0 Å². The number of H-pyrrole nitrogens is 1. The van der Waals surface area contributed by atoms with Crippen molar-refractivity contribution in [1.82, 2.24) is 39.8 Å². The lowest BCUT2D eigenvalue weighted by Crippen LogP contribution is -2.41. The molecule has 0 aliphatic carbocycles. The largest absolute Gasteiger partial charge is 0.438 e. The topological polar surface area (TPSA) is 132 Å². The van der Waals surface area contributed by atoms with Crippen LogP contribution in [0.15, 0.2) is 45.6 Å². The van der Waals surface area contributed by atoms with Gasteiger partial charge in [0, 0.05) is 24.9 Å². The molecule has 0 fully saturated rings. The second-order valence-electron chi connectivity index (χ2n) is 7.76. The number of nitrogens with zero attached hydrogens (tertiary/aromatic N) is 7. The fourth-order valence-electron chi connectivity index (χ4n) is 4.06. The molecule has 4 aromatic heterocycles. The summed E-state index contributed by atoms with van der Waals surface area (Å²) < 4.78 is 37.7. The minimum absolute atomic E-state index is 0.0334. The molecule has 34 heavy (non-hydrogen) atoms. The highest BCUT2D eigenvalue weighted by atomic mass is 19.3. The van der Waals surface area contributed by atoms with E-state index in [2.05, 4.69) is 30.2 Å². The van der Waals surface area contributed by atoms with E-state index in [0.29, 0.717) is 40.3 Å². The molecule has 0 bridgehead atoms. The highest BCUT2D eigenvalue weighted by molar-refractivity contribution is 5.90. The number of hydrogen-bond donors (Lipinski definition) is 1. The number of nitrogens with one attached hydrogen (secondary N) is 1. The first-order chi connectivity index (χ1) is 16.5. The fourth-order valence-corrected chi connectivity index (χ4v) is 4.06. The van der Waals surface area contributed by atoms with Crippen LogP contribution < -0.4 is 0 Å². The summed E-state index contributed by atoms with van der Waals surface area (Å²) in [6, 6.07) is 6.20. The Balaban J connectivity index is 1.37. The van der Waals surface area contributed by atoms with Crippen LogP contribution in [0.25, 0.3) is 22.7 Å². The maximum Gasteiger partial charge on any atom is 0.333 e. The lowest BCUT2D eigenvalue weighted by molar-refractivity contribution is 0.0566. The maximum absolute atomic E-state index is 13.4. The summed E-state index contributed by atoms with van der Waals surface area (Å²) in [5.74, 6) is -0.710. The third kappa shape index (κ3) is 3.16. The summed E-state index contributed by atoms with van der Waals surface area (Å²) in [4.78, 5) is 27.0. The van der Waals surface area contributed by atoms with Gasteiger partial charge in [-0.15, -0.1) is 10.2 Å². The van der Waals surface area contributed by atoms with E-state index in [4.69, 9.17) is 8.83 Å². The predicted octanol–water partition coefficient (Wildman–Crippen LogP) is 3.29. The van der Waals surface area contributed by atoms with Gasteiger partial charge in [-0.2, -0.15) is 13.9 Å². The Labute approximate surface area is 189 Å². The minimum atomic E-state index is -2.81. The normalized spacial score (nSPS) is 15.9. The highest BCUT2D eigenvalue weighted by Crippen LogP contribution is 2.36.